The van der Waals surface area contributed by atoms with Crippen molar-refractivity contribution in [2.24, 2.45) is 4.99 Å². The summed E-state index contributed by atoms with van der Waals surface area (Å²) >= 11 is 0. The second-order valence-electron chi connectivity index (χ2n) is 5.18. The molecule has 0 saturated carbocycles. The first kappa shape index (κ1) is 16.6. The van der Waals surface area contributed by atoms with E-state index >= 15 is 0 Å². The van der Waals surface area contributed by atoms with Crippen molar-refractivity contribution in [1.82, 2.24) is 0 Å². The maximum absolute atomic E-state index is 12.1. The van der Waals surface area contributed by atoms with Crippen LogP contribution in [0.15, 0.2) is 53.2 Å². The van der Waals surface area contributed by atoms with Gasteiger partial charge in [0.1, 0.15) is 5.75 Å². The van der Waals surface area contributed by atoms with Gasteiger partial charge in [0.15, 0.2) is 17.2 Å². The summed E-state index contributed by atoms with van der Waals surface area (Å²) in [6, 6.07) is 12.5. The van der Waals surface area contributed by atoms with Crippen LogP contribution >= 0.6 is 0 Å². The summed E-state index contributed by atoms with van der Waals surface area (Å²) in [5, 5.41) is 0. The Balaban J connectivity index is 1.93. The molecule has 0 atom stereocenters. The van der Waals surface area contributed by atoms with Crippen molar-refractivity contribution in [3.05, 3.63) is 59.3 Å². The average Bonchev–Trinajstić information content (AvgIpc) is 3.02. The predicted octanol–water partition coefficient (Wildman–Crippen LogP) is 3.06. The fraction of sp³-hybridized carbons (Fsp3) is 0.158. The zero-order valence-corrected chi connectivity index (χ0v) is 14.1. The van der Waals surface area contributed by atoms with Crippen molar-refractivity contribution in [3.63, 3.8) is 0 Å². The Morgan fingerprint density at radius 2 is 1.76 bits per heavy atom. The molecule has 0 spiro atoms. The van der Waals surface area contributed by atoms with E-state index in [4.69, 9.17) is 18.9 Å². The largest absolute Gasteiger partial charge is 0.497 e. The zero-order chi connectivity index (χ0) is 17.8. The lowest BCUT2D eigenvalue weighted by atomic mass is 10.1. The molecular weight excluding hydrogens is 322 g/mol. The van der Waals surface area contributed by atoms with Gasteiger partial charge in [-0.15, -0.1) is 0 Å². The molecule has 0 aromatic heterocycles. The van der Waals surface area contributed by atoms with Crippen molar-refractivity contribution in [3.8, 4) is 17.2 Å². The van der Waals surface area contributed by atoms with Crippen LogP contribution in [-0.2, 0) is 9.53 Å². The quantitative estimate of drug-likeness (QED) is 0.619. The monoisotopic (exact) mass is 339 g/mol. The van der Waals surface area contributed by atoms with Gasteiger partial charge in [-0.2, -0.15) is 0 Å². The number of cyclic esters (lactones) is 1. The first-order chi connectivity index (χ1) is 12.1. The third-order valence-corrected chi connectivity index (χ3v) is 3.65. The summed E-state index contributed by atoms with van der Waals surface area (Å²) in [6.45, 7) is 0. The molecule has 6 nitrogen and oxygen atoms in total. The number of aliphatic imine (C=N–C) groups is 1. The topological polar surface area (TPSA) is 66.3 Å². The molecule has 2 aromatic rings. The van der Waals surface area contributed by atoms with Gasteiger partial charge in [0.2, 0.25) is 5.90 Å². The van der Waals surface area contributed by atoms with Crippen LogP contribution in [0.1, 0.15) is 11.1 Å². The molecule has 0 aliphatic carbocycles. The van der Waals surface area contributed by atoms with E-state index in [1.54, 1.807) is 69.9 Å². The molecule has 1 heterocycles. The third kappa shape index (κ3) is 3.47. The molecular formula is C19H17NO5. The maximum Gasteiger partial charge on any atom is 0.363 e. The smallest absolute Gasteiger partial charge is 0.363 e. The third-order valence-electron chi connectivity index (χ3n) is 3.65. The Bertz CT molecular complexity index is 870. The highest BCUT2D eigenvalue weighted by Gasteiger charge is 2.24. The molecule has 25 heavy (non-hydrogen) atoms. The predicted molar refractivity (Wildman–Crippen MR) is 93.1 cm³/mol. The molecule has 0 bridgehead atoms. The van der Waals surface area contributed by atoms with Gasteiger partial charge in [-0.1, -0.05) is 12.1 Å². The van der Waals surface area contributed by atoms with Crippen LogP contribution in [0, 0.1) is 0 Å². The Hall–Kier alpha value is -3.28. The Morgan fingerprint density at radius 1 is 0.960 bits per heavy atom. The number of benzene rings is 2. The lowest BCUT2D eigenvalue weighted by molar-refractivity contribution is -0.129. The van der Waals surface area contributed by atoms with Crippen LogP contribution in [-0.4, -0.2) is 33.2 Å². The van der Waals surface area contributed by atoms with E-state index in [0.29, 0.717) is 22.8 Å². The molecule has 0 amide bonds. The van der Waals surface area contributed by atoms with E-state index in [1.165, 1.54) is 0 Å². The highest BCUT2D eigenvalue weighted by Crippen LogP contribution is 2.29. The maximum atomic E-state index is 12.1. The highest BCUT2D eigenvalue weighted by molar-refractivity contribution is 6.13. The summed E-state index contributed by atoms with van der Waals surface area (Å²) in [4.78, 5) is 16.4. The second kappa shape index (κ2) is 7.09. The van der Waals surface area contributed by atoms with E-state index in [0.717, 1.165) is 5.56 Å². The summed E-state index contributed by atoms with van der Waals surface area (Å²) in [7, 11) is 4.69. The lowest BCUT2D eigenvalue weighted by Gasteiger charge is -2.07. The molecule has 128 valence electrons. The van der Waals surface area contributed by atoms with Crippen LogP contribution in [0.3, 0.4) is 0 Å². The van der Waals surface area contributed by atoms with Gasteiger partial charge in [0, 0.05) is 5.56 Å². The number of methoxy groups -OCH3 is 3. The summed E-state index contributed by atoms with van der Waals surface area (Å²) in [6.07, 6.45) is 1.64. The Kier molecular flexibility index (Phi) is 4.70. The number of hydrogen-bond acceptors (Lipinski definition) is 6. The fourth-order valence-corrected chi connectivity index (χ4v) is 2.39. The van der Waals surface area contributed by atoms with Crippen LogP contribution in [0.2, 0.25) is 0 Å². The Morgan fingerprint density at radius 3 is 2.48 bits per heavy atom. The normalized spacial score (nSPS) is 14.9. The van der Waals surface area contributed by atoms with Crippen molar-refractivity contribution in [2.45, 2.75) is 0 Å². The van der Waals surface area contributed by atoms with E-state index in [-0.39, 0.29) is 11.6 Å². The van der Waals surface area contributed by atoms with E-state index in [2.05, 4.69) is 4.99 Å². The molecule has 1 aliphatic rings. The number of esters is 1. The van der Waals surface area contributed by atoms with Gasteiger partial charge in [0.05, 0.1) is 21.3 Å². The molecule has 0 unspecified atom stereocenters. The molecule has 2 aromatic carbocycles. The second-order valence-corrected chi connectivity index (χ2v) is 5.18. The molecule has 3 rings (SSSR count). The lowest BCUT2D eigenvalue weighted by Crippen LogP contribution is -2.05. The summed E-state index contributed by atoms with van der Waals surface area (Å²) in [5.41, 5.74) is 1.63. The van der Waals surface area contributed by atoms with E-state index in [9.17, 15) is 4.79 Å². The van der Waals surface area contributed by atoms with Crippen molar-refractivity contribution >= 4 is 17.9 Å². The minimum Gasteiger partial charge on any atom is -0.497 e. The fourth-order valence-electron chi connectivity index (χ4n) is 2.39. The molecule has 0 saturated heterocycles. The highest BCUT2D eigenvalue weighted by atomic mass is 16.6. The minimum absolute atomic E-state index is 0.213. The van der Waals surface area contributed by atoms with E-state index in [1.807, 2.05) is 0 Å². The van der Waals surface area contributed by atoms with Crippen LogP contribution in [0.5, 0.6) is 17.2 Å². The molecule has 0 N–H and O–H groups in total. The van der Waals surface area contributed by atoms with Gasteiger partial charge in [-0.25, -0.2) is 9.79 Å². The molecule has 0 radical (unpaired) electrons. The SMILES string of the molecule is COc1cccc(C2=NC(=Cc3ccc(OC)c(OC)c3)C(=O)O2)c1. The number of carbonyl (C=O) groups is 1. The zero-order valence-electron chi connectivity index (χ0n) is 14.1. The standard InChI is InChI=1S/C19H17NO5/c1-22-14-6-4-5-13(11-14)18-20-15(19(21)25-18)9-12-7-8-16(23-2)17(10-12)24-3/h4-11H,1-3H3. The van der Waals surface area contributed by atoms with Gasteiger partial charge in [0.25, 0.3) is 0 Å². The number of rotatable bonds is 5. The molecule has 6 heteroatoms. The molecule has 1 aliphatic heterocycles. The van der Waals surface area contributed by atoms with Crippen molar-refractivity contribution in [1.29, 1.82) is 0 Å². The van der Waals surface area contributed by atoms with Crippen LogP contribution < -0.4 is 14.2 Å². The van der Waals surface area contributed by atoms with Gasteiger partial charge in [-0.05, 0) is 42.0 Å². The number of ether oxygens (including phenoxy) is 4. The Labute approximate surface area is 145 Å². The number of carbonyl (C=O) groups excluding carboxylic acids is 1. The van der Waals surface area contributed by atoms with Crippen LogP contribution in [0.25, 0.3) is 6.08 Å². The molecule has 0 fully saturated rings. The summed E-state index contributed by atoms with van der Waals surface area (Å²) < 4.78 is 20.9. The summed E-state index contributed by atoms with van der Waals surface area (Å²) in [5.74, 6) is 1.58. The van der Waals surface area contributed by atoms with Crippen molar-refractivity contribution in [2.75, 3.05) is 21.3 Å². The van der Waals surface area contributed by atoms with Gasteiger partial charge in [-0.3, -0.25) is 0 Å². The van der Waals surface area contributed by atoms with E-state index < -0.39 is 5.97 Å². The number of hydrogen-bond donors (Lipinski definition) is 0. The average molecular weight is 339 g/mol. The van der Waals surface area contributed by atoms with Crippen LogP contribution in [0.4, 0.5) is 0 Å². The first-order valence-corrected chi connectivity index (χ1v) is 7.53. The van der Waals surface area contributed by atoms with Crippen molar-refractivity contribution < 1.29 is 23.7 Å². The first-order valence-electron chi connectivity index (χ1n) is 7.53. The van der Waals surface area contributed by atoms with Gasteiger partial charge < -0.3 is 18.9 Å². The number of nitrogens with zero attached hydrogens (tertiary/aromatic N) is 1. The van der Waals surface area contributed by atoms with Gasteiger partial charge >= 0.3 is 5.97 Å². The minimum atomic E-state index is -0.507.